The molecule has 4 nitrogen and oxygen atoms in total. The van der Waals surface area contributed by atoms with Gasteiger partial charge in [0.25, 0.3) is 0 Å². The Hall–Kier alpha value is -1.37. The molecule has 0 radical (unpaired) electrons. The predicted octanol–water partition coefficient (Wildman–Crippen LogP) is 4.07. The average Bonchev–Trinajstić information content (AvgIpc) is 2.29. The van der Waals surface area contributed by atoms with Gasteiger partial charge in [-0.15, -0.1) is 0 Å². The van der Waals surface area contributed by atoms with Crippen LogP contribution in [-0.4, -0.2) is 29.4 Å². The van der Waals surface area contributed by atoms with Crippen LogP contribution in [0, 0.1) is 11.6 Å². The number of halogens is 3. The number of amides is 1. The summed E-state index contributed by atoms with van der Waals surface area (Å²) in [4.78, 5) is 13.3. The van der Waals surface area contributed by atoms with E-state index in [1.54, 1.807) is 20.8 Å². The Kier molecular flexibility index (Phi) is 4.41. The number of benzene rings is 1. The van der Waals surface area contributed by atoms with Crippen LogP contribution in [0.1, 0.15) is 27.2 Å². The van der Waals surface area contributed by atoms with Gasteiger partial charge < -0.3 is 9.47 Å². The van der Waals surface area contributed by atoms with Gasteiger partial charge in [-0.05, 0) is 36.7 Å². The summed E-state index contributed by atoms with van der Waals surface area (Å²) in [6, 6.07) is 2.14. The Morgan fingerprint density at radius 3 is 2.33 bits per heavy atom. The molecule has 0 saturated carbocycles. The Morgan fingerprint density at radius 2 is 1.90 bits per heavy atom. The molecule has 7 heteroatoms. The normalized spacial score (nSPS) is 18.2. The molecule has 1 aliphatic rings. The van der Waals surface area contributed by atoms with Crippen molar-refractivity contribution in [3.8, 4) is 5.75 Å². The molecular weight excluding hydrogens is 348 g/mol. The molecule has 0 aliphatic carbocycles. The third-order valence-corrected chi connectivity index (χ3v) is 3.58. The molecule has 1 unspecified atom stereocenters. The topological polar surface area (TPSA) is 38.8 Å². The molecule has 1 aromatic rings. The van der Waals surface area contributed by atoms with Crippen LogP contribution < -0.4 is 4.74 Å². The van der Waals surface area contributed by atoms with Gasteiger partial charge in [0.05, 0.1) is 4.47 Å². The van der Waals surface area contributed by atoms with Crippen LogP contribution in [-0.2, 0) is 4.74 Å². The first-order valence-electron chi connectivity index (χ1n) is 6.48. The highest BCUT2D eigenvalue weighted by atomic mass is 79.9. The van der Waals surface area contributed by atoms with Crippen LogP contribution in [0.25, 0.3) is 0 Å². The van der Waals surface area contributed by atoms with E-state index in [0.29, 0.717) is 13.0 Å². The zero-order valence-corrected chi connectivity index (χ0v) is 13.5. The fraction of sp³-hybridized carbons (Fsp3) is 0.500. The summed E-state index contributed by atoms with van der Waals surface area (Å²) >= 11 is 2.79. The third-order valence-electron chi connectivity index (χ3n) is 2.82. The summed E-state index contributed by atoms with van der Waals surface area (Å²) in [5.74, 6) is -1.48. The van der Waals surface area contributed by atoms with Crippen LogP contribution in [0.4, 0.5) is 13.6 Å². The van der Waals surface area contributed by atoms with E-state index in [1.165, 1.54) is 4.90 Å². The molecule has 116 valence electrons. The van der Waals surface area contributed by atoms with Gasteiger partial charge >= 0.3 is 6.09 Å². The van der Waals surface area contributed by atoms with Crippen molar-refractivity contribution >= 4 is 22.0 Å². The highest BCUT2D eigenvalue weighted by Crippen LogP contribution is 2.29. The van der Waals surface area contributed by atoms with Gasteiger partial charge in [0.15, 0.2) is 6.23 Å². The van der Waals surface area contributed by atoms with E-state index in [4.69, 9.17) is 9.47 Å². The molecular formula is C14H16BrF2NO3. The first kappa shape index (κ1) is 16.0. The summed E-state index contributed by atoms with van der Waals surface area (Å²) in [6.45, 7) is 5.78. The van der Waals surface area contributed by atoms with Crippen molar-refractivity contribution in [1.29, 1.82) is 0 Å². The number of hydrogen-bond donors (Lipinski definition) is 0. The number of carbonyl (C=O) groups excluding carboxylic acids is 1. The Morgan fingerprint density at radius 1 is 1.33 bits per heavy atom. The lowest BCUT2D eigenvalue weighted by atomic mass is 10.2. The van der Waals surface area contributed by atoms with Crippen LogP contribution in [0.3, 0.4) is 0 Å². The quantitative estimate of drug-likeness (QED) is 0.743. The molecule has 1 fully saturated rings. The van der Waals surface area contributed by atoms with Crippen LogP contribution in [0.5, 0.6) is 5.75 Å². The van der Waals surface area contributed by atoms with Crippen LogP contribution >= 0.6 is 15.9 Å². The van der Waals surface area contributed by atoms with Crippen molar-refractivity contribution < 1.29 is 23.0 Å². The highest BCUT2D eigenvalue weighted by Gasteiger charge is 2.37. The standard InChI is InChI=1S/C14H16BrF2NO3/c1-14(2,3)21-13(19)18-5-4-11(18)20-8-6-9(16)12(15)10(17)7-8/h6-7,11H,4-5H2,1-3H3. The van der Waals surface area contributed by atoms with E-state index in [2.05, 4.69) is 15.9 Å². The number of nitrogens with zero attached hydrogens (tertiary/aromatic N) is 1. The number of likely N-dealkylation sites (tertiary alicyclic amines) is 1. The summed E-state index contributed by atoms with van der Waals surface area (Å²) in [6.07, 6.45) is -0.491. The molecule has 2 rings (SSSR count). The molecule has 1 atom stereocenters. The molecule has 0 N–H and O–H groups in total. The van der Waals surface area contributed by atoms with Crippen molar-refractivity contribution in [1.82, 2.24) is 4.90 Å². The summed E-state index contributed by atoms with van der Waals surface area (Å²) in [5.41, 5.74) is -0.604. The molecule has 1 amide bonds. The highest BCUT2D eigenvalue weighted by molar-refractivity contribution is 9.10. The predicted molar refractivity (Wildman–Crippen MR) is 76.0 cm³/mol. The van der Waals surface area contributed by atoms with Gasteiger partial charge in [0.2, 0.25) is 0 Å². The number of hydrogen-bond acceptors (Lipinski definition) is 3. The summed E-state index contributed by atoms with van der Waals surface area (Å²) in [5, 5.41) is 0. The van der Waals surface area contributed by atoms with Crippen LogP contribution in [0.2, 0.25) is 0 Å². The van der Waals surface area contributed by atoms with E-state index in [0.717, 1.165) is 12.1 Å². The van der Waals surface area contributed by atoms with Crippen molar-refractivity contribution in [3.05, 3.63) is 28.2 Å². The average molecular weight is 364 g/mol. The Balaban J connectivity index is 2.02. The Labute approximate surface area is 130 Å². The monoisotopic (exact) mass is 363 g/mol. The van der Waals surface area contributed by atoms with Gasteiger partial charge in [-0.2, -0.15) is 0 Å². The lowest BCUT2D eigenvalue weighted by molar-refractivity contribution is -0.0662. The number of rotatable bonds is 2. The van der Waals surface area contributed by atoms with E-state index in [9.17, 15) is 13.6 Å². The molecule has 0 spiro atoms. The lowest BCUT2D eigenvalue weighted by Crippen LogP contribution is -2.55. The minimum Gasteiger partial charge on any atom is -0.470 e. The summed E-state index contributed by atoms with van der Waals surface area (Å²) in [7, 11) is 0. The SMILES string of the molecule is CC(C)(C)OC(=O)N1CCC1Oc1cc(F)c(Br)c(F)c1. The molecule has 1 saturated heterocycles. The lowest BCUT2D eigenvalue weighted by Gasteiger charge is -2.40. The second-order valence-corrected chi connectivity index (χ2v) is 6.53. The number of ether oxygens (including phenoxy) is 2. The first-order valence-corrected chi connectivity index (χ1v) is 7.27. The third kappa shape index (κ3) is 3.84. The second kappa shape index (κ2) is 5.79. The maximum absolute atomic E-state index is 13.4. The Bertz CT molecular complexity index is 537. The minimum absolute atomic E-state index is 0.0338. The smallest absolute Gasteiger partial charge is 0.413 e. The van der Waals surface area contributed by atoms with Crippen molar-refractivity contribution in [2.75, 3.05) is 6.54 Å². The summed E-state index contributed by atoms with van der Waals surface area (Å²) < 4.78 is 37.3. The van der Waals surface area contributed by atoms with Crippen molar-refractivity contribution in [3.63, 3.8) is 0 Å². The molecule has 1 aromatic carbocycles. The van der Waals surface area contributed by atoms with Gasteiger partial charge in [-0.1, -0.05) is 0 Å². The maximum Gasteiger partial charge on any atom is 0.413 e. The zero-order chi connectivity index (χ0) is 15.8. The minimum atomic E-state index is -0.756. The molecule has 0 bridgehead atoms. The fourth-order valence-corrected chi connectivity index (χ4v) is 2.00. The van der Waals surface area contributed by atoms with Gasteiger partial charge in [-0.25, -0.2) is 13.6 Å². The van der Waals surface area contributed by atoms with E-state index in [-0.39, 0.29) is 10.2 Å². The van der Waals surface area contributed by atoms with Crippen molar-refractivity contribution in [2.24, 2.45) is 0 Å². The van der Waals surface area contributed by atoms with E-state index >= 15 is 0 Å². The number of carbonyl (C=O) groups is 1. The van der Waals surface area contributed by atoms with E-state index in [1.807, 2.05) is 0 Å². The van der Waals surface area contributed by atoms with Gasteiger partial charge in [0.1, 0.15) is 23.0 Å². The second-order valence-electron chi connectivity index (χ2n) is 5.74. The molecule has 1 aliphatic heterocycles. The largest absolute Gasteiger partial charge is 0.470 e. The first-order chi connectivity index (χ1) is 9.67. The molecule has 0 aromatic heterocycles. The maximum atomic E-state index is 13.4. The van der Waals surface area contributed by atoms with Crippen LogP contribution in [0.15, 0.2) is 16.6 Å². The fourth-order valence-electron chi connectivity index (χ4n) is 1.77. The van der Waals surface area contributed by atoms with Crippen molar-refractivity contribution in [2.45, 2.75) is 39.0 Å². The molecule has 21 heavy (non-hydrogen) atoms. The van der Waals surface area contributed by atoms with Gasteiger partial charge in [-0.3, -0.25) is 4.90 Å². The molecule has 1 heterocycles. The van der Waals surface area contributed by atoms with Gasteiger partial charge in [0, 0.05) is 25.1 Å². The van der Waals surface area contributed by atoms with E-state index < -0.39 is 29.6 Å². The zero-order valence-electron chi connectivity index (χ0n) is 12.0.